The van der Waals surface area contributed by atoms with E-state index in [1.165, 1.54) is 0 Å². The van der Waals surface area contributed by atoms with Gasteiger partial charge in [0.2, 0.25) is 0 Å². The number of imidazole rings is 1. The van der Waals surface area contributed by atoms with Crippen molar-refractivity contribution in [3.05, 3.63) is 59.4 Å². The molecule has 0 saturated carbocycles. The van der Waals surface area contributed by atoms with Gasteiger partial charge in [0, 0.05) is 37.4 Å². The predicted octanol–water partition coefficient (Wildman–Crippen LogP) is 4.19. The average molecular weight is 479 g/mol. The largest absolute Gasteiger partial charge is 0.335 e. The molecule has 2 aromatic carbocycles. The Morgan fingerprint density at radius 1 is 1.24 bits per heavy atom. The van der Waals surface area contributed by atoms with Crippen LogP contribution in [0.15, 0.2) is 42.5 Å². The van der Waals surface area contributed by atoms with E-state index in [0.717, 1.165) is 52.9 Å². The second kappa shape index (κ2) is 9.21. The molecule has 3 heterocycles. The van der Waals surface area contributed by atoms with Gasteiger partial charge in [-0.05, 0) is 62.4 Å². The summed E-state index contributed by atoms with van der Waals surface area (Å²) < 4.78 is 1.79. The summed E-state index contributed by atoms with van der Waals surface area (Å²) in [5.74, 6) is 0.853. The standard InChI is InChI=1S/C25H30N6O2S/c1-16(13-18-7-8-22-23(14-18)31(34)17(2)27-22)26-24(32)29-11-9-20(10-12-29)30-15-19-5-3-4-6-21(19)28-25(30)33/h3-8,14,16,20,34H,9-13,15H2,1-2H3,(H,26,32)(H,28,33). The van der Waals surface area contributed by atoms with Crippen LogP contribution in [0.5, 0.6) is 0 Å². The number of thiol groups is 1. The highest BCUT2D eigenvalue weighted by Crippen LogP contribution is 2.27. The topological polar surface area (TPSA) is 82.5 Å². The number of amides is 4. The molecule has 0 radical (unpaired) electrons. The van der Waals surface area contributed by atoms with Crippen molar-refractivity contribution in [3.63, 3.8) is 0 Å². The van der Waals surface area contributed by atoms with Crippen LogP contribution in [0.4, 0.5) is 15.3 Å². The molecule has 3 aromatic rings. The van der Waals surface area contributed by atoms with Gasteiger partial charge in [-0.3, -0.25) is 3.97 Å². The number of nitrogens with zero attached hydrogens (tertiary/aromatic N) is 4. The number of anilines is 1. The summed E-state index contributed by atoms with van der Waals surface area (Å²) in [5, 5.41) is 6.12. The number of carbonyl (C=O) groups excluding carboxylic acids is 2. The van der Waals surface area contributed by atoms with Crippen molar-refractivity contribution in [3.8, 4) is 0 Å². The summed E-state index contributed by atoms with van der Waals surface area (Å²) in [6.45, 7) is 5.84. The molecule has 2 aliphatic heterocycles. The highest BCUT2D eigenvalue weighted by Gasteiger charge is 2.32. The number of benzene rings is 2. The number of nitrogens with one attached hydrogen (secondary N) is 2. The number of para-hydroxylation sites is 1. The Morgan fingerprint density at radius 3 is 2.79 bits per heavy atom. The van der Waals surface area contributed by atoms with Crippen molar-refractivity contribution in [2.75, 3.05) is 18.4 Å². The third kappa shape index (κ3) is 4.44. The number of aryl methyl sites for hydroxylation is 1. The van der Waals surface area contributed by atoms with Crippen molar-refractivity contribution in [1.82, 2.24) is 24.1 Å². The normalized spacial score (nSPS) is 17.4. The Morgan fingerprint density at radius 2 is 2.00 bits per heavy atom. The van der Waals surface area contributed by atoms with Gasteiger partial charge in [-0.1, -0.05) is 37.1 Å². The molecule has 2 aliphatic rings. The summed E-state index contributed by atoms with van der Waals surface area (Å²) in [4.78, 5) is 33.7. The Balaban J connectivity index is 1.14. The Labute approximate surface area is 204 Å². The van der Waals surface area contributed by atoms with Gasteiger partial charge in [0.05, 0.1) is 11.0 Å². The first-order chi connectivity index (χ1) is 16.4. The molecule has 5 rings (SSSR count). The summed E-state index contributed by atoms with van der Waals surface area (Å²) >= 11 is 4.49. The summed E-state index contributed by atoms with van der Waals surface area (Å²) in [6, 6.07) is 14.1. The number of piperidine rings is 1. The molecule has 9 heteroatoms. The van der Waals surface area contributed by atoms with Gasteiger partial charge >= 0.3 is 12.1 Å². The Kier molecular flexibility index (Phi) is 6.12. The van der Waals surface area contributed by atoms with Crippen LogP contribution in [0.2, 0.25) is 0 Å². The van der Waals surface area contributed by atoms with Gasteiger partial charge in [0.25, 0.3) is 0 Å². The first kappa shape index (κ1) is 22.6. The maximum absolute atomic E-state index is 12.9. The first-order valence-corrected chi connectivity index (χ1v) is 12.2. The number of carbonyl (C=O) groups is 2. The molecule has 1 aromatic heterocycles. The van der Waals surface area contributed by atoms with Gasteiger partial charge in [-0.15, -0.1) is 0 Å². The molecule has 1 fully saturated rings. The van der Waals surface area contributed by atoms with Gasteiger partial charge < -0.3 is 20.4 Å². The lowest BCUT2D eigenvalue weighted by Crippen LogP contribution is -2.53. The number of hydrogen-bond donors (Lipinski definition) is 3. The highest BCUT2D eigenvalue weighted by atomic mass is 32.1. The molecular formula is C25H30N6O2S. The SMILES string of the molecule is Cc1nc2ccc(CC(C)NC(=O)N3CCC(N4Cc5ccccc5NC4=O)CC3)cc2n1S. The van der Waals surface area contributed by atoms with E-state index < -0.39 is 0 Å². The van der Waals surface area contributed by atoms with Crippen LogP contribution in [0.3, 0.4) is 0 Å². The molecule has 0 bridgehead atoms. The summed E-state index contributed by atoms with van der Waals surface area (Å²) in [5.41, 5.74) is 5.05. The van der Waals surface area contributed by atoms with E-state index in [2.05, 4.69) is 46.6 Å². The van der Waals surface area contributed by atoms with Crippen molar-refractivity contribution >= 4 is 41.6 Å². The fourth-order valence-corrected chi connectivity index (χ4v) is 5.17. The van der Waals surface area contributed by atoms with Gasteiger partial charge in [0.15, 0.2) is 0 Å². The van der Waals surface area contributed by atoms with Crippen molar-refractivity contribution in [2.45, 2.75) is 51.7 Å². The molecule has 2 N–H and O–H groups in total. The molecule has 0 aliphatic carbocycles. The number of urea groups is 2. The van der Waals surface area contributed by atoms with Crippen LogP contribution in [-0.2, 0) is 13.0 Å². The zero-order valence-corrected chi connectivity index (χ0v) is 20.4. The number of likely N-dealkylation sites (tertiary alicyclic amines) is 1. The Hall–Kier alpha value is -3.20. The number of hydrogen-bond acceptors (Lipinski definition) is 4. The number of rotatable bonds is 4. The lowest BCUT2D eigenvalue weighted by atomic mass is 10.0. The molecule has 34 heavy (non-hydrogen) atoms. The number of aromatic nitrogens is 2. The third-order valence-electron chi connectivity index (χ3n) is 6.82. The van der Waals surface area contributed by atoms with Crippen LogP contribution >= 0.6 is 12.8 Å². The van der Waals surface area contributed by atoms with Crippen LogP contribution in [0.1, 0.15) is 36.7 Å². The molecule has 178 valence electrons. The van der Waals surface area contributed by atoms with Gasteiger partial charge in [-0.25, -0.2) is 14.6 Å². The van der Waals surface area contributed by atoms with Crippen molar-refractivity contribution in [1.29, 1.82) is 0 Å². The zero-order chi connectivity index (χ0) is 23.8. The quantitative estimate of drug-likeness (QED) is 0.492. The predicted molar refractivity (Wildman–Crippen MR) is 136 cm³/mol. The Bertz CT molecular complexity index is 1230. The van der Waals surface area contributed by atoms with Crippen molar-refractivity contribution in [2.24, 2.45) is 0 Å². The van der Waals surface area contributed by atoms with E-state index in [9.17, 15) is 9.59 Å². The maximum atomic E-state index is 12.9. The van der Waals surface area contributed by atoms with Crippen LogP contribution in [-0.4, -0.2) is 56.0 Å². The number of fused-ring (bicyclic) bond motifs is 2. The van der Waals surface area contributed by atoms with E-state index in [-0.39, 0.29) is 24.1 Å². The molecular weight excluding hydrogens is 448 g/mol. The highest BCUT2D eigenvalue weighted by molar-refractivity contribution is 7.78. The lowest BCUT2D eigenvalue weighted by Gasteiger charge is -2.40. The fourth-order valence-electron chi connectivity index (χ4n) is 4.96. The minimum absolute atomic E-state index is 0.00978. The molecule has 4 amide bonds. The zero-order valence-electron chi connectivity index (χ0n) is 19.5. The minimum atomic E-state index is -0.0510. The van der Waals surface area contributed by atoms with Crippen LogP contribution < -0.4 is 10.6 Å². The van der Waals surface area contributed by atoms with E-state index >= 15 is 0 Å². The van der Waals surface area contributed by atoms with E-state index in [0.29, 0.717) is 19.6 Å². The second-order valence-electron chi connectivity index (χ2n) is 9.28. The lowest BCUT2D eigenvalue weighted by molar-refractivity contribution is 0.127. The van der Waals surface area contributed by atoms with Crippen LogP contribution in [0, 0.1) is 6.92 Å². The van der Waals surface area contributed by atoms with Gasteiger partial charge in [-0.2, -0.15) is 0 Å². The van der Waals surface area contributed by atoms with Gasteiger partial charge in [0.1, 0.15) is 5.82 Å². The van der Waals surface area contributed by atoms with E-state index in [4.69, 9.17) is 0 Å². The monoisotopic (exact) mass is 478 g/mol. The minimum Gasteiger partial charge on any atom is -0.335 e. The molecule has 1 saturated heterocycles. The molecule has 1 unspecified atom stereocenters. The van der Waals surface area contributed by atoms with E-state index in [1.807, 2.05) is 47.9 Å². The molecule has 0 spiro atoms. The maximum Gasteiger partial charge on any atom is 0.322 e. The third-order valence-corrected chi connectivity index (χ3v) is 7.33. The smallest absolute Gasteiger partial charge is 0.322 e. The molecule has 1 atom stereocenters. The second-order valence-corrected chi connectivity index (χ2v) is 9.68. The summed E-state index contributed by atoms with van der Waals surface area (Å²) in [7, 11) is 0. The van der Waals surface area contributed by atoms with Crippen LogP contribution in [0.25, 0.3) is 11.0 Å². The van der Waals surface area contributed by atoms with Crippen molar-refractivity contribution < 1.29 is 9.59 Å². The van der Waals surface area contributed by atoms with E-state index in [1.54, 1.807) is 3.97 Å². The average Bonchev–Trinajstić information content (AvgIpc) is 3.11. The first-order valence-electron chi connectivity index (χ1n) is 11.8. The summed E-state index contributed by atoms with van der Waals surface area (Å²) in [6.07, 6.45) is 2.28. The fraction of sp³-hybridized carbons (Fsp3) is 0.400. The molecule has 8 nitrogen and oxygen atoms in total.